The van der Waals surface area contributed by atoms with Gasteiger partial charge in [-0.3, -0.25) is 0 Å². The number of hydrogen-bond donors (Lipinski definition) is 0. The Balaban J connectivity index is 2.09. The van der Waals surface area contributed by atoms with E-state index in [1.54, 1.807) is 0 Å². The van der Waals surface area contributed by atoms with Gasteiger partial charge >= 0.3 is 0 Å². The SMILES string of the molecule is C=CC(C)(C)CCc1ccc(-c2cccc(C)c2)cc1. The molecule has 0 aliphatic heterocycles. The zero-order chi connectivity index (χ0) is 14.6. The highest BCUT2D eigenvalue weighted by Crippen LogP contribution is 2.25. The van der Waals surface area contributed by atoms with Crippen LogP contribution < -0.4 is 0 Å². The van der Waals surface area contributed by atoms with Crippen LogP contribution in [0.4, 0.5) is 0 Å². The summed E-state index contributed by atoms with van der Waals surface area (Å²) >= 11 is 0. The third-order valence-corrected chi connectivity index (χ3v) is 3.92. The van der Waals surface area contributed by atoms with Crippen molar-refractivity contribution in [3.63, 3.8) is 0 Å². The molecule has 0 nitrogen and oxygen atoms in total. The van der Waals surface area contributed by atoms with Crippen LogP contribution in [0.2, 0.25) is 0 Å². The minimum absolute atomic E-state index is 0.217. The monoisotopic (exact) mass is 264 g/mol. The maximum absolute atomic E-state index is 3.91. The predicted octanol–water partition coefficient (Wildman–Crippen LogP) is 5.81. The van der Waals surface area contributed by atoms with Crippen LogP contribution in [0.3, 0.4) is 0 Å². The van der Waals surface area contributed by atoms with Gasteiger partial charge in [-0.1, -0.05) is 74.0 Å². The van der Waals surface area contributed by atoms with Crippen molar-refractivity contribution >= 4 is 0 Å². The van der Waals surface area contributed by atoms with Gasteiger partial charge in [0.1, 0.15) is 0 Å². The molecular weight excluding hydrogens is 240 g/mol. The fourth-order valence-electron chi connectivity index (χ4n) is 2.26. The molecule has 104 valence electrons. The lowest BCUT2D eigenvalue weighted by Crippen LogP contribution is -2.08. The molecule has 0 N–H and O–H groups in total. The molecule has 0 bridgehead atoms. The molecule has 0 aliphatic rings. The van der Waals surface area contributed by atoms with Gasteiger partial charge in [0.15, 0.2) is 0 Å². The Hall–Kier alpha value is -1.82. The lowest BCUT2D eigenvalue weighted by Gasteiger charge is -2.19. The molecule has 0 atom stereocenters. The summed E-state index contributed by atoms with van der Waals surface area (Å²) in [6.07, 6.45) is 4.29. The summed E-state index contributed by atoms with van der Waals surface area (Å²) < 4.78 is 0. The Kier molecular flexibility index (Phi) is 4.44. The third-order valence-electron chi connectivity index (χ3n) is 3.92. The molecule has 0 radical (unpaired) electrons. The summed E-state index contributed by atoms with van der Waals surface area (Å²) in [5.41, 5.74) is 5.51. The van der Waals surface area contributed by atoms with Crippen molar-refractivity contribution in [1.82, 2.24) is 0 Å². The summed E-state index contributed by atoms with van der Waals surface area (Å²) in [6.45, 7) is 10.5. The van der Waals surface area contributed by atoms with E-state index < -0.39 is 0 Å². The Morgan fingerprint density at radius 2 is 1.70 bits per heavy atom. The van der Waals surface area contributed by atoms with E-state index in [0.29, 0.717) is 0 Å². The first-order valence-electron chi connectivity index (χ1n) is 7.30. The molecule has 0 amide bonds. The Morgan fingerprint density at radius 3 is 2.30 bits per heavy atom. The van der Waals surface area contributed by atoms with Crippen LogP contribution >= 0.6 is 0 Å². The summed E-state index contributed by atoms with van der Waals surface area (Å²) in [5, 5.41) is 0. The largest absolute Gasteiger partial charge is 0.103 e. The first-order valence-corrected chi connectivity index (χ1v) is 7.30. The number of aryl methyl sites for hydroxylation is 2. The maximum Gasteiger partial charge on any atom is -0.0174 e. The predicted molar refractivity (Wildman–Crippen MR) is 88.9 cm³/mol. The number of hydrogen-bond acceptors (Lipinski definition) is 0. The third kappa shape index (κ3) is 3.84. The van der Waals surface area contributed by atoms with Gasteiger partial charge in [0.2, 0.25) is 0 Å². The zero-order valence-corrected chi connectivity index (χ0v) is 12.8. The standard InChI is InChI=1S/C20H24/c1-5-20(3,4)14-13-17-9-11-18(12-10-17)19-8-6-7-16(2)15-19/h5-12,15H,1,13-14H2,2-4H3. The molecule has 2 aromatic carbocycles. The molecular formula is C20H24. The van der Waals surface area contributed by atoms with E-state index in [0.717, 1.165) is 12.8 Å². The molecule has 2 rings (SSSR count). The summed E-state index contributed by atoms with van der Waals surface area (Å²) in [7, 11) is 0. The normalized spacial score (nSPS) is 11.3. The highest BCUT2D eigenvalue weighted by Gasteiger charge is 2.12. The molecule has 0 heteroatoms. The van der Waals surface area contributed by atoms with Crippen molar-refractivity contribution in [2.24, 2.45) is 5.41 Å². The van der Waals surface area contributed by atoms with Crippen LogP contribution in [0.25, 0.3) is 11.1 Å². The molecule has 0 aliphatic carbocycles. The van der Waals surface area contributed by atoms with Crippen LogP contribution in [0.5, 0.6) is 0 Å². The van der Waals surface area contributed by atoms with E-state index in [-0.39, 0.29) is 5.41 Å². The van der Waals surface area contributed by atoms with Crippen LogP contribution in [-0.2, 0) is 6.42 Å². The number of allylic oxidation sites excluding steroid dienone is 1. The second-order valence-corrected chi connectivity index (χ2v) is 6.26. The van der Waals surface area contributed by atoms with Gasteiger partial charge < -0.3 is 0 Å². The van der Waals surface area contributed by atoms with Gasteiger partial charge in [-0.2, -0.15) is 0 Å². The maximum atomic E-state index is 3.91. The van der Waals surface area contributed by atoms with E-state index in [2.05, 4.69) is 75.9 Å². The highest BCUT2D eigenvalue weighted by molar-refractivity contribution is 5.64. The average Bonchev–Trinajstić information content (AvgIpc) is 2.46. The fourth-order valence-corrected chi connectivity index (χ4v) is 2.26. The smallest absolute Gasteiger partial charge is 0.0174 e. The molecule has 0 aromatic heterocycles. The quantitative estimate of drug-likeness (QED) is 0.598. The van der Waals surface area contributed by atoms with Gasteiger partial charge in [0.05, 0.1) is 0 Å². The van der Waals surface area contributed by atoms with E-state index in [4.69, 9.17) is 0 Å². The summed E-state index contributed by atoms with van der Waals surface area (Å²) in [5.74, 6) is 0. The highest BCUT2D eigenvalue weighted by atomic mass is 14.2. The molecule has 20 heavy (non-hydrogen) atoms. The van der Waals surface area contributed by atoms with Crippen molar-refractivity contribution in [2.75, 3.05) is 0 Å². The van der Waals surface area contributed by atoms with Gasteiger partial charge in [-0.05, 0) is 41.9 Å². The van der Waals surface area contributed by atoms with Crippen molar-refractivity contribution in [2.45, 2.75) is 33.6 Å². The zero-order valence-electron chi connectivity index (χ0n) is 12.8. The number of rotatable bonds is 5. The van der Waals surface area contributed by atoms with Crippen molar-refractivity contribution < 1.29 is 0 Å². The van der Waals surface area contributed by atoms with E-state index >= 15 is 0 Å². The Morgan fingerprint density at radius 1 is 1.00 bits per heavy atom. The van der Waals surface area contributed by atoms with Gasteiger partial charge in [-0.15, -0.1) is 6.58 Å². The van der Waals surface area contributed by atoms with E-state index in [1.165, 1.54) is 22.3 Å². The molecule has 0 spiro atoms. The topological polar surface area (TPSA) is 0 Å². The lowest BCUT2D eigenvalue weighted by molar-refractivity contribution is 0.439. The van der Waals surface area contributed by atoms with Crippen molar-refractivity contribution in [1.29, 1.82) is 0 Å². The van der Waals surface area contributed by atoms with Crippen LogP contribution in [0, 0.1) is 12.3 Å². The Bertz CT molecular complexity index is 573. The molecule has 0 saturated carbocycles. The first kappa shape index (κ1) is 14.6. The average molecular weight is 264 g/mol. The van der Waals surface area contributed by atoms with Crippen molar-refractivity contribution in [3.05, 3.63) is 72.3 Å². The second kappa shape index (κ2) is 6.09. The summed E-state index contributed by atoms with van der Waals surface area (Å²) in [4.78, 5) is 0. The van der Waals surface area contributed by atoms with E-state index in [9.17, 15) is 0 Å². The molecule has 2 aromatic rings. The minimum Gasteiger partial charge on any atom is -0.103 e. The van der Waals surface area contributed by atoms with Gasteiger partial charge in [-0.25, -0.2) is 0 Å². The van der Waals surface area contributed by atoms with E-state index in [1.807, 2.05) is 6.08 Å². The molecule has 0 unspecified atom stereocenters. The molecule has 0 saturated heterocycles. The first-order chi connectivity index (χ1) is 9.50. The van der Waals surface area contributed by atoms with Gasteiger partial charge in [0.25, 0.3) is 0 Å². The fraction of sp³-hybridized carbons (Fsp3) is 0.300. The minimum atomic E-state index is 0.217. The lowest BCUT2D eigenvalue weighted by atomic mass is 9.86. The van der Waals surface area contributed by atoms with Crippen LogP contribution in [0.1, 0.15) is 31.4 Å². The van der Waals surface area contributed by atoms with Crippen LogP contribution in [-0.4, -0.2) is 0 Å². The number of benzene rings is 2. The molecule has 0 fully saturated rings. The van der Waals surface area contributed by atoms with Crippen LogP contribution in [0.15, 0.2) is 61.2 Å². The Labute approximate surface area is 123 Å². The van der Waals surface area contributed by atoms with Gasteiger partial charge in [0, 0.05) is 0 Å². The van der Waals surface area contributed by atoms with Crippen molar-refractivity contribution in [3.8, 4) is 11.1 Å². The molecule has 0 heterocycles. The summed E-state index contributed by atoms with van der Waals surface area (Å²) in [6, 6.07) is 17.6. The second-order valence-electron chi connectivity index (χ2n) is 6.26.